The molecule has 0 aromatic heterocycles. The normalized spacial score (nSPS) is 33.0. The minimum Gasteiger partial charge on any atom is -0.369 e. The molecule has 2 unspecified atom stereocenters. The number of guanidine groups is 1. The second-order valence-electron chi connectivity index (χ2n) is 7.03. The van der Waals surface area contributed by atoms with E-state index >= 15 is 0 Å². The first-order valence-corrected chi connectivity index (χ1v) is 8.02. The topological polar surface area (TPSA) is 44.9 Å². The molecule has 21 heavy (non-hydrogen) atoms. The van der Waals surface area contributed by atoms with Gasteiger partial charge in [-0.15, -0.1) is 0 Å². The maximum atomic E-state index is 6.26. The summed E-state index contributed by atoms with van der Waals surface area (Å²) in [7, 11) is 0. The molecule has 4 rings (SSSR count). The van der Waals surface area contributed by atoms with Gasteiger partial charge in [0, 0.05) is 24.3 Å². The number of benzene rings is 1. The second-order valence-corrected chi connectivity index (χ2v) is 7.03. The largest absolute Gasteiger partial charge is 0.369 e. The van der Waals surface area contributed by atoms with Gasteiger partial charge in [-0.1, -0.05) is 12.1 Å². The fourth-order valence-corrected chi connectivity index (χ4v) is 4.18. The van der Waals surface area contributed by atoms with Crippen LogP contribution in [0.15, 0.2) is 29.3 Å². The van der Waals surface area contributed by atoms with Crippen LogP contribution in [0.1, 0.15) is 31.7 Å². The van der Waals surface area contributed by atoms with E-state index in [2.05, 4.69) is 52.9 Å². The lowest BCUT2D eigenvalue weighted by Gasteiger charge is -2.36. The van der Waals surface area contributed by atoms with E-state index in [4.69, 9.17) is 5.73 Å². The minimum atomic E-state index is 0.0693. The third-order valence-corrected chi connectivity index (χ3v) is 5.23. The molecule has 1 aromatic carbocycles. The van der Waals surface area contributed by atoms with Crippen LogP contribution >= 0.6 is 0 Å². The van der Waals surface area contributed by atoms with Gasteiger partial charge < -0.3 is 10.6 Å². The zero-order chi connectivity index (χ0) is 14.6. The maximum Gasteiger partial charge on any atom is 0.196 e. The first-order chi connectivity index (χ1) is 10.1. The Kier molecular flexibility index (Phi) is 2.80. The Bertz CT molecular complexity index is 592. The van der Waals surface area contributed by atoms with Crippen LogP contribution in [0.25, 0.3) is 0 Å². The Balaban J connectivity index is 1.69. The van der Waals surface area contributed by atoms with Gasteiger partial charge in [-0.25, -0.2) is 0 Å². The van der Waals surface area contributed by atoms with Crippen LogP contribution in [0.2, 0.25) is 0 Å². The molecule has 4 nitrogen and oxygen atoms in total. The molecular weight excluding hydrogens is 260 g/mol. The van der Waals surface area contributed by atoms with Crippen molar-refractivity contribution in [2.45, 2.75) is 50.7 Å². The molecule has 2 atom stereocenters. The third-order valence-electron chi connectivity index (χ3n) is 5.23. The summed E-state index contributed by atoms with van der Waals surface area (Å²) in [5.74, 6) is 0.686. The first kappa shape index (κ1) is 13.1. The van der Waals surface area contributed by atoms with Gasteiger partial charge >= 0.3 is 0 Å². The summed E-state index contributed by atoms with van der Waals surface area (Å²) < 4.78 is 0. The summed E-state index contributed by atoms with van der Waals surface area (Å²) in [6, 6.07) is 10.1. The number of anilines is 1. The Hall–Kier alpha value is -1.55. The number of nitrogens with two attached hydrogens (primary N) is 1. The summed E-state index contributed by atoms with van der Waals surface area (Å²) in [6.45, 7) is 6.42. The number of hydrogen-bond acceptors (Lipinski definition) is 4. The van der Waals surface area contributed by atoms with E-state index in [9.17, 15) is 0 Å². The smallest absolute Gasteiger partial charge is 0.196 e. The van der Waals surface area contributed by atoms with Gasteiger partial charge in [0.25, 0.3) is 0 Å². The van der Waals surface area contributed by atoms with E-state index in [0.717, 1.165) is 25.6 Å². The number of aliphatic imine (C=N–C) groups is 1. The number of rotatable bonds is 2. The average Bonchev–Trinajstić information content (AvgIpc) is 3.16. The van der Waals surface area contributed by atoms with E-state index < -0.39 is 0 Å². The van der Waals surface area contributed by atoms with Crippen molar-refractivity contribution >= 4 is 11.6 Å². The fraction of sp³-hybridized carbons (Fsp3) is 0.588. The highest BCUT2D eigenvalue weighted by Crippen LogP contribution is 2.43. The lowest BCUT2D eigenvalue weighted by molar-refractivity contribution is 0.251. The molecule has 1 aromatic rings. The van der Waals surface area contributed by atoms with Crippen molar-refractivity contribution in [3.05, 3.63) is 29.8 Å². The molecule has 1 spiro atoms. The number of hydrogen-bond donors (Lipinski definition) is 1. The summed E-state index contributed by atoms with van der Waals surface area (Å²) >= 11 is 0. The predicted octanol–water partition coefficient (Wildman–Crippen LogP) is 2.13. The summed E-state index contributed by atoms with van der Waals surface area (Å²) in [4.78, 5) is 9.58. The first-order valence-electron chi connectivity index (χ1n) is 8.02. The lowest BCUT2D eigenvalue weighted by atomic mass is 9.94. The van der Waals surface area contributed by atoms with Crippen molar-refractivity contribution in [2.24, 2.45) is 10.7 Å². The van der Waals surface area contributed by atoms with Crippen LogP contribution in [0, 0.1) is 6.92 Å². The maximum absolute atomic E-state index is 6.26. The Morgan fingerprint density at radius 2 is 2.14 bits per heavy atom. The van der Waals surface area contributed by atoms with Crippen molar-refractivity contribution in [1.82, 2.24) is 4.90 Å². The monoisotopic (exact) mass is 284 g/mol. The van der Waals surface area contributed by atoms with Gasteiger partial charge in [-0.2, -0.15) is 0 Å². The molecule has 0 amide bonds. The molecule has 112 valence electrons. The van der Waals surface area contributed by atoms with Crippen molar-refractivity contribution in [2.75, 3.05) is 18.0 Å². The van der Waals surface area contributed by atoms with Gasteiger partial charge in [0.15, 0.2) is 5.96 Å². The van der Waals surface area contributed by atoms with E-state index in [0.29, 0.717) is 12.0 Å². The molecule has 1 saturated heterocycles. The number of aryl methyl sites for hydroxylation is 1. The van der Waals surface area contributed by atoms with Gasteiger partial charge in [0.05, 0.1) is 12.1 Å². The quantitative estimate of drug-likeness (QED) is 0.905. The third kappa shape index (κ3) is 2.04. The molecule has 1 aliphatic carbocycles. The molecular formula is C17H24N4. The molecule has 2 heterocycles. The highest BCUT2D eigenvalue weighted by atomic mass is 15.4. The summed E-state index contributed by atoms with van der Waals surface area (Å²) in [6.07, 6.45) is 3.88. The predicted molar refractivity (Wildman–Crippen MR) is 86.7 cm³/mol. The molecule has 3 aliphatic rings. The van der Waals surface area contributed by atoms with Gasteiger partial charge in [-0.05, 0) is 50.8 Å². The van der Waals surface area contributed by atoms with Gasteiger partial charge in [0.1, 0.15) is 0 Å². The molecule has 0 bridgehead atoms. The van der Waals surface area contributed by atoms with E-state index in [1.165, 1.54) is 24.1 Å². The van der Waals surface area contributed by atoms with Crippen LogP contribution in [0.5, 0.6) is 0 Å². The average molecular weight is 284 g/mol. The number of likely N-dealkylation sites (tertiary alicyclic amines) is 1. The van der Waals surface area contributed by atoms with Crippen LogP contribution < -0.4 is 10.6 Å². The minimum absolute atomic E-state index is 0.0693. The van der Waals surface area contributed by atoms with Crippen molar-refractivity contribution in [3.63, 3.8) is 0 Å². The van der Waals surface area contributed by atoms with Crippen LogP contribution in [0.3, 0.4) is 0 Å². The van der Waals surface area contributed by atoms with E-state index in [1.807, 2.05) is 0 Å². The van der Waals surface area contributed by atoms with Gasteiger partial charge in [-0.3, -0.25) is 9.89 Å². The van der Waals surface area contributed by atoms with E-state index in [1.54, 1.807) is 0 Å². The highest BCUT2D eigenvalue weighted by molar-refractivity contribution is 5.98. The zero-order valence-corrected chi connectivity index (χ0v) is 12.9. The summed E-state index contributed by atoms with van der Waals surface area (Å²) in [5.41, 5.74) is 8.79. The Morgan fingerprint density at radius 3 is 2.86 bits per heavy atom. The molecule has 0 radical (unpaired) electrons. The van der Waals surface area contributed by atoms with Crippen LogP contribution in [0.4, 0.5) is 5.69 Å². The second kappa shape index (κ2) is 4.47. The zero-order valence-electron chi connectivity index (χ0n) is 12.9. The van der Waals surface area contributed by atoms with Gasteiger partial charge in [0.2, 0.25) is 0 Å². The van der Waals surface area contributed by atoms with Crippen molar-refractivity contribution < 1.29 is 0 Å². The standard InChI is InChI=1S/C17H24N4/c1-12-4-3-5-15(8-12)21-16(18)19-10-17(21)9-13(2)20(11-17)14-6-7-14/h3-5,8,13-14H,6-7,9-11H2,1-2H3,(H2,18,19). The van der Waals surface area contributed by atoms with Crippen LogP contribution in [-0.4, -0.2) is 41.6 Å². The lowest BCUT2D eigenvalue weighted by Crippen LogP contribution is -2.53. The fourth-order valence-electron chi connectivity index (χ4n) is 4.18. The summed E-state index contributed by atoms with van der Waals surface area (Å²) in [5, 5.41) is 0. The highest BCUT2D eigenvalue weighted by Gasteiger charge is 2.53. The Labute approximate surface area is 126 Å². The molecule has 4 heteroatoms. The van der Waals surface area contributed by atoms with E-state index in [-0.39, 0.29) is 5.54 Å². The van der Waals surface area contributed by atoms with Crippen molar-refractivity contribution in [3.8, 4) is 0 Å². The Morgan fingerprint density at radius 1 is 1.33 bits per heavy atom. The van der Waals surface area contributed by atoms with Crippen LogP contribution in [-0.2, 0) is 0 Å². The number of nitrogens with zero attached hydrogens (tertiary/aromatic N) is 3. The molecule has 1 saturated carbocycles. The molecule has 2 aliphatic heterocycles. The SMILES string of the molecule is Cc1cccc(N2C(N)=NCC23CC(C)N(C2CC2)C3)c1. The van der Waals surface area contributed by atoms with Crippen molar-refractivity contribution in [1.29, 1.82) is 0 Å². The molecule has 2 N–H and O–H groups in total. The molecule has 2 fully saturated rings.